The second-order valence-electron chi connectivity index (χ2n) is 5.43. The van der Waals surface area contributed by atoms with Gasteiger partial charge in [0.25, 0.3) is 5.91 Å². The fourth-order valence-corrected chi connectivity index (χ4v) is 2.64. The number of carbonyl (C=O) groups is 1. The van der Waals surface area contributed by atoms with E-state index in [9.17, 15) is 4.79 Å². The lowest BCUT2D eigenvalue weighted by Crippen LogP contribution is -2.43. The molecule has 3 heterocycles. The summed E-state index contributed by atoms with van der Waals surface area (Å²) >= 11 is 0. The van der Waals surface area contributed by atoms with Crippen LogP contribution >= 0.6 is 0 Å². The molecule has 0 radical (unpaired) electrons. The number of rotatable bonds is 3. The van der Waals surface area contributed by atoms with Gasteiger partial charge in [0.15, 0.2) is 0 Å². The molecule has 2 aliphatic rings. The molecule has 0 bridgehead atoms. The van der Waals surface area contributed by atoms with Crippen LogP contribution < -0.4 is 10.6 Å². The summed E-state index contributed by atoms with van der Waals surface area (Å²) in [5.74, 6) is 1.41. The van der Waals surface area contributed by atoms with Crippen LogP contribution in [0.2, 0.25) is 0 Å². The molecule has 20 heavy (non-hydrogen) atoms. The van der Waals surface area contributed by atoms with E-state index in [1.807, 2.05) is 19.1 Å². The summed E-state index contributed by atoms with van der Waals surface area (Å²) in [6, 6.07) is 3.73. The van der Waals surface area contributed by atoms with E-state index in [1.165, 1.54) is 0 Å². The molecule has 108 valence electrons. The molecule has 1 spiro atoms. The summed E-state index contributed by atoms with van der Waals surface area (Å²) in [7, 11) is 0. The van der Waals surface area contributed by atoms with E-state index >= 15 is 0 Å². The molecule has 0 unspecified atom stereocenters. The van der Waals surface area contributed by atoms with Crippen molar-refractivity contribution in [1.82, 2.24) is 10.6 Å². The first-order valence-corrected chi connectivity index (χ1v) is 6.96. The fourth-order valence-electron chi connectivity index (χ4n) is 2.64. The first kappa shape index (κ1) is 13.2. The van der Waals surface area contributed by atoms with Crippen LogP contribution in [0.3, 0.4) is 0 Å². The van der Waals surface area contributed by atoms with Crippen molar-refractivity contribution in [1.29, 1.82) is 0 Å². The van der Waals surface area contributed by atoms with E-state index < -0.39 is 0 Å². The van der Waals surface area contributed by atoms with Crippen LogP contribution in [-0.2, 0) is 16.2 Å². The fraction of sp³-hybridized carbons (Fsp3) is 0.571. The molecule has 2 N–H and O–H groups in total. The Morgan fingerprint density at radius 3 is 2.95 bits per heavy atom. The van der Waals surface area contributed by atoms with E-state index in [-0.39, 0.29) is 11.5 Å². The zero-order valence-electron chi connectivity index (χ0n) is 11.6. The van der Waals surface area contributed by atoms with E-state index in [1.54, 1.807) is 0 Å². The number of furan rings is 1. The minimum Gasteiger partial charge on any atom is -0.465 e. The number of nitrogens with zero attached hydrogens (tertiary/aromatic N) is 1. The van der Waals surface area contributed by atoms with Gasteiger partial charge in [-0.05, 0) is 32.1 Å². The van der Waals surface area contributed by atoms with Gasteiger partial charge in [0.1, 0.15) is 22.8 Å². The van der Waals surface area contributed by atoms with Crippen LogP contribution in [0, 0.1) is 6.92 Å². The molecule has 1 aromatic heterocycles. The smallest absolute Gasteiger partial charge is 0.269 e. The van der Waals surface area contributed by atoms with Gasteiger partial charge in [-0.3, -0.25) is 4.79 Å². The number of hydrogen-bond acceptors (Lipinski definition) is 5. The van der Waals surface area contributed by atoms with Gasteiger partial charge in [-0.15, -0.1) is 0 Å². The van der Waals surface area contributed by atoms with Crippen molar-refractivity contribution in [2.75, 3.05) is 13.1 Å². The third-order valence-corrected chi connectivity index (χ3v) is 3.84. The molecule has 0 atom stereocenters. The molecule has 1 fully saturated rings. The maximum atomic E-state index is 12.1. The number of amides is 1. The summed E-state index contributed by atoms with van der Waals surface area (Å²) in [5.41, 5.74) is 0.217. The minimum absolute atomic E-state index is 0.172. The molecule has 0 aromatic carbocycles. The van der Waals surface area contributed by atoms with Gasteiger partial charge in [0, 0.05) is 19.3 Å². The Bertz CT molecular complexity index is 530. The van der Waals surface area contributed by atoms with Crippen molar-refractivity contribution >= 4 is 11.6 Å². The molecule has 1 saturated heterocycles. The third-order valence-electron chi connectivity index (χ3n) is 3.84. The van der Waals surface area contributed by atoms with Gasteiger partial charge < -0.3 is 19.9 Å². The Hall–Kier alpha value is -1.82. The Kier molecular flexibility index (Phi) is 3.48. The molecule has 2 aliphatic heterocycles. The van der Waals surface area contributed by atoms with Crippen LogP contribution in [0.4, 0.5) is 0 Å². The first-order valence-electron chi connectivity index (χ1n) is 6.96. The lowest BCUT2D eigenvalue weighted by atomic mass is 9.87. The van der Waals surface area contributed by atoms with Crippen LogP contribution in [-0.4, -0.2) is 30.3 Å². The first-order chi connectivity index (χ1) is 9.67. The lowest BCUT2D eigenvalue weighted by molar-refractivity contribution is -0.115. The Balaban J connectivity index is 1.53. The van der Waals surface area contributed by atoms with Crippen LogP contribution in [0.1, 0.15) is 30.8 Å². The standard InChI is InChI=1S/C14H19N3O3/c1-10-2-3-11(19-10)9-16-13(18)12-8-14(20-17-12)4-6-15-7-5-14/h2-3,15H,4-9H2,1H3,(H,16,18). The topological polar surface area (TPSA) is 75.9 Å². The number of carbonyl (C=O) groups excluding carboxylic acids is 1. The molecule has 6 heteroatoms. The second-order valence-corrected chi connectivity index (χ2v) is 5.43. The SMILES string of the molecule is Cc1ccc(CNC(=O)C2=NOC3(CCNCC3)C2)o1. The zero-order valence-corrected chi connectivity index (χ0v) is 11.6. The lowest BCUT2D eigenvalue weighted by Gasteiger charge is -2.30. The second kappa shape index (κ2) is 5.28. The highest BCUT2D eigenvalue weighted by Gasteiger charge is 2.42. The van der Waals surface area contributed by atoms with Crippen molar-refractivity contribution in [3.8, 4) is 0 Å². The van der Waals surface area contributed by atoms with E-state index in [0.717, 1.165) is 37.5 Å². The normalized spacial score (nSPS) is 20.6. The highest BCUT2D eigenvalue weighted by Crippen LogP contribution is 2.32. The van der Waals surface area contributed by atoms with Gasteiger partial charge in [0.05, 0.1) is 6.54 Å². The van der Waals surface area contributed by atoms with Gasteiger partial charge in [-0.2, -0.15) is 0 Å². The summed E-state index contributed by atoms with van der Waals surface area (Å²) in [5, 5.41) is 10.1. The van der Waals surface area contributed by atoms with Crippen LogP contribution in [0.5, 0.6) is 0 Å². The summed E-state index contributed by atoms with van der Waals surface area (Å²) in [6.07, 6.45) is 2.38. The average molecular weight is 277 g/mol. The molecule has 1 aromatic rings. The maximum Gasteiger partial charge on any atom is 0.269 e. The van der Waals surface area contributed by atoms with Gasteiger partial charge in [-0.1, -0.05) is 5.16 Å². The summed E-state index contributed by atoms with van der Waals surface area (Å²) in [6.45, 7) is 4.08. The predicted molar refractivity (Wildman–Crippen MR) is 73.3 cm³/mol. The van der Waals surface area contributed by atoms with Crippen molar-refractivity contribution in [2.24, 2.45) is 5.16 Å². The number of nitrogens with one attached hydrogen (secondary N) is 2. The minimum atomic E-state index is -0.265. The van der Waals surface area contributed by atoms with Gasteiger partial charge >= 0.3 is 0 Å². The van der Waals surface area contributed by atoms with Crippen molar-refractivity contribution < 1.29 is 14.0 Å². The number of oxime groups is 1. The maximum absolute atomic E-state index is 12.1. The summed E-state index contributed by atoms with van der Waals surface area (Å²) < 4.78 is 5.41. The number of aryl methyl sites for hydroxylation is 1. The quantitative estimate of drug-likeness (QED) is 0.867. The van der Waals surface area contributed by atoms with E-state index in [0.29, 0.717) is 18.7 Å². The highest BCUT2D eigenvalue weighted by atomic mass is 16.7. The summed E-state index contributed by atoms with van der Waals surface area (Å²) in [4.78, 5) is 17.6. The molecule has 3 rings (SSSR count). The zero-order chi connectivity index (χ0) is 14.0. The van der Waals surface area contributed by atoms with Crippen molar-refractivity contribution in [3.63, 3.8) is 0 Å². The largest absolute Gasteiger partial charge is 0.465 e. The molecule has 0 aliphatic carbocycles. The molecule has 6 nitrogen and oxygen atoms in total. The molecular formula is C14H19N3O3. The van der Waals surface area contributed by atoms with Crippen molar-refractivity contribution in [2.45, 2.75) is 38.3 Å². The van der Waals surface area contributed by atoms with Crippen molar-refractivity contribution in [3.05, 3.63) is 23.7 Å². The van der Waals surface area contributed by atoms with E-state index in [2.05, 4.69) is 15.8 Å². The molecule has 1 amide bonds. The molecule has 0 saturated carbocycles. The van der Waals surface area contributed by atoms with Crippen LogP contribution in [0.25, 0.3) is 0 Å². The van der Waals surface area contributed by atoms with Gasteiger partial charge in [-0.25, -0.2) is 0 Å². The number of piperidine rings is 1. The predicted octanol–water partition coefficient (Wildman–Crippen LogP) is 1.10. The van der Waals surface area contributed by atoms with Crippen LogP contribution in [0.15, 0.2) is 21.7 Å². The Morgan fingerprint density at radius 2 is 2.25 bits per heavy atom. The highest BCUT2D eigenvalue weighted by molar-refractivity contribution is 6.39. The monoisotopic (exact) mass is 277 g/mol. The van der Waals surface area contributed by atoms with E-state index in [4.69, 9.17) is 9.25 Å². The Labute approximate surface area is 117 Å². The number of hydrogen-bond donors (Lipinski definition) is 2. The third kappa shape index (κ3) is 2.70. The Morgan fingerprint density at radius 1 is 1.45 bits per heavy atom. The molecular weight excluding hydrogens is 258 g/mol. The van der Waals surface area contributed by atoms with Gasteiger partial charge in [0.2, 0.25) is 0 Å². The average Bonchev–Trinajstić information content (AvgIpc) is 3.04.